The van der Waals surface area contributed by atoms with Gasteiger partial charge in [0.25, 0.3) is 11.8 Å². The lowest BCUT2D eigenvalue weighted by atomic mass is 9.99. The Balaban J connectivity index is 1.22. The van der Waals surface area contributed by atoms with Gasteiger partial charge in [0.2, 0.25) is 0 Å². The van der Waals surface area contributed by atoms with Crippen molar-refractivity contribution in [2.24, 2.45) is 0 Å². The molecular weight excluding hydrogens is 494 g/mol. The molecule has 7 nitrogen and oxygen atoms in total. The van der Waals surface area contributed by atoms with Gasteiger partial charge >= 0.3 is 5.97 Å². The van der Waals surface area contributed by atoms with Crippen LogP contribution in [0.25, 0.3) is 10.8 Å². The Hall–Kier alpha value is -5.56. The molecule has 0 aliphatic carbocycles. The van der Waals surface area contributed by atoms with Crippen LogP contribution in [-0.2, 0) is 0 Å². The van der Waals surface area contributed by atoms with Crippen molar-refractivity contribution in [1.82, 2.24) is 0 Å². The lowest BCUT2D eigenvalue weighted by molar-refractivity contribution is 0.0696. The Morgan fingerprint density at radius 1 is 0.590 bits per heavy atom. The predicted molar refractivity (Wildman–Crippen MR) is 145 cm³/mol. The van der Waals surface area contributed by atoms with Crippen molar-refractivity contribution in [3.8, 4) is 11.5 Å². The van der Waals surface area contributed by atoms with Crippen molar-refractivity contribution in [3.63, 3.8) is 0 Å². The molecule has 39 heavy (non-hydrogen) atoms. The molecule has 5 aromatic carbocycles. The fourth-order valence-electron chi connectivity index (χ4n) is 4.58. The number of ketones is 1. The van der Waals surface area contributed by atoms with Crippen molar-refractivity contribution in [1.29, 1.82) is 0 Å². The minimum absolute atomic E-state index is 0.151. The van der Waals surface area contributed by atoms with Gasteiger partial charge in [-0.05, 0) is 83.6 Å². The average Bonchev–Trinajstić information content (AvgIpc) is 3.22. The second-order valence-electron chi connectivity index (χ2n) is 9.02. The quantitative estimate of drug-likeness (QED) is 0.209. The lowest BCUT2D eigenvalue weighted by Gasteiger charge is -2.14. The molecule has 1 aliphatic rings. The summed E-state index contributed by atoms with van der Waals surface area (Å²) < 4.78 is 5.73. The maximum absolute atomic E-state index is 13.3. The van der Waals surface area contributed by atoms with E-state index in [9.17, 15) is 19.2 Å². The van der Waals surface area contributed by atoms with Crippen LogP contribution >= 0.6 is 0 Å². The summed E-state index contributed by atoms with van der Waals surface area (Å²) in [7, 11) is 0. The average molecular weight is 514 g/mol. The van der Waals surface area contributed by atoms with E-state index in [2.05, 4.69) is 0 Å². The number of ether oxygens (including phenoxy) is 1. The van der Waals surface area contributed by atoms with Gasteiger partial charge in [-0.2, -0.15) is 0 Å². The topological polar surface area (TPSA) is 101 Å². The first-order valence-electron chi connectivity index (χ1n) is 12.1. The lowest BCUT2D eigenvalue weighted by Crippen LogP contribution is -2.29. The maximum Gasteiger partial charge on any atom is 0.335 e. The van der Waals surface area contributed by atoms with E-state index in [4.69, 9.17) is 9.84 Å². The van der Waals surface area contributed by atoms with Crippen LogP contribution < -0.4 is 9.64 Å². The Morgan fingerprint density at radius 3 is 1.85 bits per heavy atom. The van der Waals surface area contributed by atoms with Gasteiger partial charge in [-0.25, -0.2) is 9.69 Å². The summed E-state index contributed by atoms with van der Waals surface area (Å²) in [6.45, 7) is 0. The second kappa shape index (κ2) is 9.39. The fraction of sp³-hybridized carbons (Fsp3) is 0. The molecule has 1 heterocycles. The van der Waals surface area contributed by atoms with Crippen LogP contribution in [0.4, 0.5) is 5.69 Å². The minimum Gasteiger partial charge on any atom is -0.478 e. The van der Waals surface area contributed by atoms with E-state index in [-0.39, 0.29) is 28.0 Å². The Labute approximate surface area is 222 Å². The van der Waals surface area contributed by atoms with E-state index in [0.717, 1.165) is 15.7 Å². The third-order valence-electron chi connectivity index (χ3n) is 6.59. The highest BCUT2D eigenvalue weighted by atomic mass is 16.5. The zero-order valence-corrected chi connectivity index (χ0v) is 20.3. The fourth-order valence-corrected chi connectivity index (χ4v) is 4.58. The largest absolute Gasteiger partial charge is 0.478 e. The number of fused-ring (bicyclic) bond motifs is 2. The van der Waals surface area contributed by atoms with E-state index < -0.39 is 17.8 Å². The predicted octanol–water partition coefficient (Wildman–Crippen LogP) is 6.36. The number of aromatic carboxylic acids is 1. The number of carbonyl (C=O) groups excluding carboxylic acids is 3. The molecule has 0 bridgehead atoms. The van der Waals surface area contributed by atoms with Gasteiger partial charge in [-0.1, -0.05) is 36.4 Å². The normalized spacial score (nSPS) is 12.5. The molecule has 1 N–H and O–H groups in total. The standard InChI is InChI=1S/C32H19NO6/c34-29(20-6-12-25(13-7-20)39-26-14-8-21(9-15-26)32(37)38)23-10-16-27-28(18-23)31(36)33(30(27)35)24-11-5-19-3-1-2-4-22(19)17-24/h1-18H,(H,37,38). The molecule has 5 aromatic rings. The van der Waals surface area contributed by atoms with Crippen LogP contribution in [0.2, 0.25) is 0 Å². The zero-order valence-electron chi connectivity index (χ0n) is 20.3. The highest BCUT2D eigenvalue weighted by Gasteiger charge is 2.37. The van der Waals surface area contributed by atoms with Gasteiger partial charge in [-0.15, -0.1) is 0 Å². The van der Waals surface area contributed by atoms with Crippen LogP contribution in [-0.4, -0.2) is 28.7 Å². The molecule has 0 unspecified atom stereocenters. The number of anilines is 1. The SMILES string of the molecule is O=C(O)c1ccc(Oc2ccc(C(=O)c3ccc4c(c3)C(=O)N(c3ccc5ccccc5c3)C4=O)cc2)cc1. The summed E-state index contributed by atoms with van der Waals surface area (Å²) in [6.07, 6.45) is 0. The third-order valence-corrected chi connectivity index (χ3v) is 6.59. The van der Waals surface area contributed by atoms with E-state index in [1.165, 1.54) is 24.3 Å². The minimum atomic E-state index is -1.02. The molecule has 0 fully saturated rings. The number of amides is 2. The first-order chi connectivity index (χ1) is 18.9. The van der Waals surface area contributed by atoms with E-state index in [0.29, 0.717) is 22.7 Å². The van der Waals surface area contributed by atoms with Crippen LogP contribution in [0.1, 0.15) is 47.0 Å². The van der Waals surface area contributed by atoms with Gasteiger partial charge in [0.15, 0.2) is 5.78 Å². The van der Waals surface area contributed by atoms with Crippen molar-refractivity contribution < 1.29 is 29.0 Å². The summed E-state index contributed by atoms with van der Waals surface area (Å²) in [4.78, 5) is 51.7. The number of nitrogens with zero attached hydrogens (tertiary/aromatic N) is 1. The highest BCUT2D eigenvalue weighted by Crippen LogP contribution is 2.32. The summed E-state index contributed by atoms with van der Waals surface area (Å²) in [5.41, 5.74) is 1.73. The van der Waals surface area contributed by atoms with Gasteiger partial charge in [0, 0.05) is 11.1 Å². The number of carbonyl (C=O) groups is 4. The summed E-state index contributed by atoms with van der Waals surface area (Å²) >= 11 is 0. The molecule has 0 radical (unpaired) electrons. The maximum atomic E-state index is 13.3. The Kier molecular flexibility index (Phi) is 5.73. The van der Waals surface area contributed by atoms with Crippen molar-refractivity contribution in [3.05, 3.63) is 137 Å². The molecule has 0 atom stereocenters. The second-order valence-corrected chi connectivity index (χ2v) is 9.02. The number of hydrogen-bond acceptors (Lipinski definition) is 5. The molecule has 1 aliphatic heterocycles. The van der Waals surface area contributed by atoms with E-state index >= 15 is 0 Å². The summed E-state index contributed by atoms with van der Waals surface area (Å²) in [5, 5.41) is 10.9. The number of carboxylic acids is 1. The van der Waals surface area contributed by atoms with Crippen LogP contribution in [0.15, 0.2) is 109 Å². The molecule has 0 saturated carbocycles. The first kappa shape index (κ1) is 23.8. The van der Waals surface area contributed by atoms with E-state index in [1.807, 2.05) is 30.3 Å². The zero-order chi connectivity index (χ0) is 27.1. The van der Waals surface area contributed by atoms with Gasteiger partial charge in [0.05, 0.1) is 22.4 Å². The third kappa shape index (κ3) is 4.32. The molecule has 7 heteroatoms. The number of carboxylic acid groups (broad SMARTS) is 1. The molecule has 2 amide bonds. The Bertz CT molecular complexity index is 1810. The monoisotopic (exact) mass is 513 g/mol. The smallest absolute Gasteiger partial charge is 0.335 e. The number of hydrogen-bond donors (Lipinski definition) is 1. The van der Waals surface area contributed by atoms with Crippen molar-refractivity contribution in [2.45, 2.75) is 0 Å². The Morgan fingerprint density at radius 2 is 1.18 bits per heavy atom. The molecule has 0 spiro atoms. The van der Waals surface area contributed by atoms with Crippen molar-refractivity contribution in [2.75, 3.05) is 4.90 Å². The van der Waals surface area contributed by atoms with Crippen LogP contribution in [0.5, 0.6) is 11.5 Å². The summed E-state index contributed by atoms with van der Waals surface area (Å²) in [5.74, 6) is -1.31. The van der Waals surface area contributed by atoms with Gasteiger partial charge in [0.1, 0.15) is 11.5 Å². The number of imide groups is 1. The molecule has 0 aromatic heterocycles. The van der Waals surface area contributed by atoms with E-state index in [1.54, 1.807) is 54.6 Å². The van der Waals surface area contributed by atoms with Crippen LogP contribution in [0, 0.1) is 0 Å². The summed E-state index contributed by atoms with van der Waals surface area (Å²) in [6, 6.07) is 30.0. The van der Waals surface area contributed by atoms with Gasteiger partial charge < -0.3 is 9.84 Å². The van der Waals surface area contributed by atoms with Crippen molar-refractivity contribution >= 4 is 40.0 Å². The molecule has 6 rings (SSSR count). The molecule has 188 valence electrons. The molecular formula is C32H19NO6. The van der Waals surface area contributed by atoms with Gasteiger partial charge in [-0.3, -0.25) is 14.4 Å². The van der Waals surface area contributed by atoms with Crippen LogP contribution in [0.3, 0.4) is 0 Å². The number of rotatable bonds is 6. The molecule has 0 saturated heterocycles. The number of benzene rings is 5. The first-order valence-corrected chi connectivity index (χ1v) is 12.1. The highest BCUT2D eigenvalue weighted by molar-refractivity contribution is 6.35.